The number of hydrogen-bond donors (Lipinski definition) is 1. The van der Waals surface area contributed by atoms with Crippen LogP contribution < -0.4 is 5.32 Å². The number of hydrogen-bond acceptors (Lipinski definition) is 3. The molecule has 2 rings (SSSR count). The Morgan fingerprint density at radius 1 is 1.63 bits per heavy atom. The van der Waals surface area contributed by atoms with E-state index in [4.69, 9.17) is 0 Å². The SMILES string of the molecule is CCCC1(C(=O)N(C)Cc2csc(Br)c2)CCNC1. The topological polar surface area (TPSA) is 32.3 Å². The van der Waals surface area contributed by atoms with Crippen LogP contribution in [-0.2, 0) is 11.3 Å². The molecule has 5 heteroatoms. The van der Waals surface area contributed by atoms with E-state index >= 15 is 0 Å². The van der Waals surface area contributed by atoms with E-state index in [0.717, 1.165) is 36.1 Å². The van der Waals surface area contributed by atoms with Gasteiger partial charge in [0.05, 0.1) is 9.20 Å². The van der Waals surface area contributed by atoms with Gasteiger partial charge in [0.2, 0.25) is 5.91 Å². The predicted molar refractivity (Wildman–Crippen MR) is 83.3 cm³/mol. The smallest absolute Gasteiger partial charge is 0.230 e. The van der Waals surface area contributed by atoms with Crippen LogP contribution in [0, 0.1) is 5.41 Å². The highest BCUT2D eigenvalue weighted by Gasteiger charge is 2.41. The van der Waals surface area contributed by atoms with Gasteiger partial charge in [-0.15, -0.1) is 11.3 Å². The number of carbonyl (C=O) groups excluding carboxylic acids is 1. The molecule has 2 heterocycles. The fraction of sp³-hybridized carbons (Fsp3) is 0.643. The van der Waals surface area contributed by atoms with Crippen LogP contribution in [0.3, 0.4) is 0 Å². The molecule has 1 aromatic rings. The Labute approximate surface area is 127 Å². The molecule has 1 fully saturated rings. The normalized spacial score (nSPS) is 22.7. The average Bonchev–Trinajstić information content (AvgIpc) is 2.99. The zero-order chi connectivity index (χ0) is 13.9. The van der Waals surface area contributed by atoms with E-state index in [9.17, 15) is 4.79 Å². The zero-order valence-corrected chi connectivity index (χ0v) is 13.9. The molecule has 0 bridgehead atoms. The van der Waals surface area contributed by atoms with Gasteiger partial charge in [-0.05, 0) is 52.3 Å². The summed E-state index contributed by atoms with van der Waals surface area (Å²) in [7, 11) is 1.92. The molecular weight excluding hydrogens is 324 g/mol. The van der Waals surface area contributed by atoms with E-state index in [1.165, 1.54) is 5.56 Å². The van der Waals surface area contributed by atoms with Gasteiger partial charge in [-0.1, -0.05) is 13.3 Å². The second-order valence-corrected chi connectivity index (χ2v) is 7.67. The maximum atomic E-state index is 12.7. The van der Waals surface area contributed by atoms with Crippen molar-refractivity contribution in [2.24, 2.45) is 5.41 Å². The van der Waals surface area contributed by atoms with Crippen molar-refractivity contribution in [3.05, 3.63) is 20.8 Å². The fourth-order valence-corrected chi connectivity index (χ4v) is 4.10. The number of rotatable bonds is 5. The molecule has 1 aliphatic heterocycles. The van der Waals surface area contributed by atoms with Gasteiger partial charge in [0.25, 0.3) is 0 Å². The van der Waals surface area contributed by atoms with Crippen molar-refractivity contribution in [1.29, 1.82) is 0 Å². The summed E-state index contributed by atoms with van der Waals surface area (Å²) in [4.78, 5) is 14.6. The summed E-state index contributed by atoms with van der Waals surface area (Å²) in [6.45, 7) is 4.65. The molecule has 106 valence electrons. The van der Waals surface area contributed by atoms with Crippen molar-refractivity contribution in [2.75, 3.05) is 20.1 Å². The Hall–Kier alpha value is -0.390. The first-order chi connectivity index (χ1) is 9.07. The third-order valence-corrected chi connectivity index (χ3v) is 5.37. The van der Waals surface area contributed by atoms with Crippen molar-refractivity contribution < 1.29 is 4.79 Å². The summed E-state index contributed by atoms with van der Waals surface area (Å²) < 4.78 is 1.12. The van der Waals surface area contributed by atoms with E-state index < -0.39 is 0 Å². The van der Waals surface area contributed by atoms with Gasteiger partial charge in [-0.25, -0.2) is 0 Å². The fourth-order valence-electron chi connectivity index (χ4n) is 2.90. The summed E-state index contributed by atoms with van der Waals surface area (Å²) in [6, 6.07) is 2.09. The lowest BCUT2D eigenvalue weighted by Crippen LogP contribution is -2.43. The number of nitrogens with zero attached hydrogens (tertiary/aromatic N) is 1. The van der Waals surface area contributed by atoms with Crippen LogP contribution in [0.5, 0.6) is 0 Å². The standard InChI is InChI=1S/C14H21BrN2OS/c1-3-4-14(5-6-16-10-14)13(18)17(2)8-11-7-12(15)19-9-11/h7,9,16H,3-6,8,10H2,1-2H3. The summed E-state index contributed by atoms with van der Waals surface area (Å²) >= 11 is 5.13. The first kappa shape index (κ1) is 15.0. The molecular formula is C14H21BrN2OS. The molecule has 1 aliphatic rings. The van der Waals surface area contributed by atoms with Crippen LogP contribution >= 0.6 is 27.3 Å². The molecule has 1 unspecified atom stereocenters. The summed E-state index contributed by atoms with van der Waals surface area (Å²) in [5, 5.41) is 5.45. The lowest BCUT2D eigenvalue weighted by Gasteiger charge is -2.31. The lowest BCUT2D eigenvalue weighted by molar-refractivity contribution is -0.140. The molecule has 3 nitrogen and oxygen atoms in total. The molecule has 0 aromatic carbocycles. The van der Waals surface area contributed by atoms with Crippen LogP contribution in [0.25, 0.3) is 0 Å². The maximum absolute atomic E-state index is 12.7. The third-order valence-electron chi connectivity index (χ3n) is 3.81. The molecule has 0 radical (unpaired) electrons. The van der Waals surface area contributed by atoms with Gasteiger partial charge in [-0.3, -0.25) is 4.79 Å². The first-order valence-corrected chi connectivity index (χ1v) is 8.44. The minimum atomic E-state index is -0.170. The number of thiophene rings is 1. The Kier molecular flexibility index (Phi) is 5.03. The number of nitrogens with one attached hydrogen (secondary N) is 1. The van der Waals surface area contributed by atoms with Gasteiger partial charge in [0, 0.05) is 20.1 Å². The van der Waals surface area contributed by atoms with Crippen LogP contribution in [0.15, 0.2) is 15.2 Å². The van der Waals surface area contributed by atoms with Gasteiger partial charge < -0.3 is 10.2 Å². The lowest BCUT2D eigenvalue weighted by atomic mass is 9.81. The molecule has 0 spiro atoms. The Bertz CT molecular complexity index is 440. The molecule has 1 atom stereocenters. The monoisotopic (exact) mass is 344 g/mol. The molecule has 1 amide bonds. The van der Waals surface area contributed by atoms with Crippen LogP contribution in [0.1, 0.15) is 31.7 Å². The largest absolute Gasteiger partial charge is 0.341 e. The maximum Gasteiger partial charge on any atom is 0.230 e. The molecule has 19 heavy (non-hydrogen) atoms. The van der Waals surface area contributed by atoms with Crippen LogP contribution in [0.4, 0.5) is 0 Å². The number of amides is 1. The highest BCUT2D eigenvalue weighted by Crippen LogP contribution is 2.33. The van der Waals surface area contributed by atoms with Crippen LogP contribution in [0.2, 0.25) is 0 Å². The number of halogens is 1. The van der Waals surface area contributed by atoms with E-state index in [-0.39, 0.29) is 5.41 Å². The van der Waals surface area contributed by atoms with E-state index in [0.29, 0.717) is 12.5 Å². The van der Waals surface area contributed by atoms with Gasteiger partial charge >= 0.3 is 0 Å². The van der Waals surface area contributed by atoms with Crippen molar-refractivity contribution in [2.45, 2.75) is 32.7 Å². The van der Waals surface area contributed by atoms with E-state index in [1.54, 1.807) is 11.3 Å². The Balaban J connectivity index is 2.04. The van der Waals surface area contributed by atoms with Crippen molar-refractivity contribution in [3.63, 3.8) is 0 Å². The average molecular weight is 345 g/mol. The van der Waals surface area contributed by atoms with Gasteiger partial charge in [0.15, 0.2) is 0 Å². The molecule has 1 N–H and O–H groups in total. The first-order valence-electron chi connectivity index (χ1n) is 6.76. The molecule has 1 saturated heterocycles. The Morgan fingerprint density at radius 2 is 2.42 bits per heavy atom. The third kappa shape index (κ3) is 3.38. The van der Waals surface area contributed by atoms with E-state index in [1.807, 2.05) is 11.9 Å². The van der Waals surface area contributed by atoms with Crippen LogP contribution in [-0.4, -0.2) is 30.9 Å². The summed E-state index contributed by atoms with van der Waals surface area (Å²) in [5.41, 5.74) is 1.03. The summed E-state index contributed by atoms with van der Waals surface area (Å²) in [5.74, 6) is 0.293. The summed E-state index contributed by atoms with van der Waals surface area (Å²) in [6.07, 6.45) is 3.01. The zero-order valence-electron chi connectivity index (χ0n) is 11.5. The van der Waals surface area contributed by atoms with E-state index in [2.05, 4.69) is 39.6 Å². The van der Waals surface area contributed by atoms with Crippen molar-refractivity contribution >= 4 is 33.2 Å². The number of carbonyl (C=O) groups is 1. The van der Waals surface area contributed by atoms with Gasteiger partial charge in [-0.2, -0.15) is 0 Å². The Morgan fingerprint density at radius 3 is 2.95 bits per heavy atom. The highest BCUT2D eigenvalue weighted by atomic mass is 79.9. The van der Waals surface area contributed by atoms with Gasteiger partial charge in [0.1, 0.15) is 0 Å². The second-order valence-electron chi connectivity index (χ2n) is 5.38. The highest BCUT2D eigenvalue weighted by molar-refractivity contribution is 9.11. The minimum Gasteiger partial charge on any atom is -0.341 e. The predicted octanol–water partition coefficient (Wildman–Crippen LogP) is 3.25. The van der Waals surface area contributed by atoms with Crippen molar-refractivity contribution in [1.82, 2.24) is 10.2 Å². The van der Waals surface area contributed by atoms with Crippen molar-refractivity contribution in [3.8, 4) is 0 Å². The molecule has 1 aromatic heterocycles. The minimum absolute atomic E-state index is 0.170. The quantitative estimate of drug-likeness (QED) is 0.889. The second kappa shape index (κ2) is 6.37. The molecule has 0 aliphatic carbocycles. The molecule has 0 saturated carbocycles.